The van der Waals surface area contributed by atoms with Crippen molar-refractivity contribution in [3.63, 3.8) is 0 Å². The van der Waals surface area contributed by atoms with Gasteiger partial charge in [-0.1, -0.05) is 0 Å². The van der Waals surface area contributed by atoms with Gasteiger partial charge in [-0.3, -0.25) is 4.79 Å². The van der Waals surface area contributed by atoms with Gasteiger partial charge in [0.05, 0.1) is 5.92 Å². The van der Waals surface area contributed by atoms with E-state index in [0.29, 0.717) is 18.4 Å². The van der Waals surface area contributed by atoms with Gasteiger partial charge >= 0.3 is 5.97 Å². The Kier molecular flexibility index (Phi) is 2.81. The van der Waals surface area contributed by atoms with E-state index in [0.717, 1.165) is 6.42 Å². The Labute approximate surface area is 70.1 Å². The minimum absolute atomic E-state index is 0.181. The van der Waals surface area contributed by atoms with Crippen LogP contribution >= 0.6 is 0 Å². The molecule has 3 N–H and O–H groups in total. The van der Waals surface area contributed by atoms with Crippen LogP contribution in [0.25, 0.3) is 0 Å². The molecule has 0 spiro atoms. The van der Waals surface area contributed by atoms with Crippen molar-refractivity contribution in [1.29, 1.82) is 0 Å². The van der Waals surface area contributed by atoms with E-state index in [9.17, 15) is 9.18 Å². The fourth-order valence-corrected chi connectivity index (χ4v) is 1.57. The second kappa shape index (κ2) is 3.67. The third-order valence-corrected chi connectivity index (χ3v) is 2.19. The van der Waals surface area contributed by atoms with Crippen molar-refractivity contribution in [3.05, 3.63) is 11.4 Å². The fourth-order valence-electron chi connectivity index (χ4n) is 1.57. The van der Waals surface area contributed by atoms with Gasteiger partial charge in [-0.2, -0.15) is 0 Å². The second-order valence-corrected chi connectivity index (χ2v) is 2.92. The Morgan fingerprint density at radius 3 is 2.92 bits per heavy atom. The number of rotatable bonds is 2. The number of carbonyl (C=O) groups is 1. The smallest absolute Gasteiger partial charge is 0.310 e. The summed E-state index contributed by atoms with van der Waals surface area (Å²) in [4.78, 5) is 10.6. The molecule has 1 fully saturated rings. The van der Waals surface area contributed by atoms with Crippen molar-refractivity contribution in [1.82, 2.24) is 0 Å². The molecule has 1 saturated carbocycles. The molecule has 0 aromatic heterocycles. The van der Waals surface area contributed by atoms with Crippen LogP contribution in [0.4, 0.5) is 4.39 Å². The van der Waals surface area contributed by atoms with Gasteiger partial charge in [0.2, 0.25) is 0 Å². The van der Waals surface area contributed by atoms with Gasteiger partial charge < -0.3 is 10.8 Å². The molecule has 0 saturated heterocycles. The average Bonchev–Trinajstić information content (AvgIpc) is 2.50. The molecule has 0 aromatic carbocycles. The number of carboxylic acid groups (broad SMARTS) is 1. The average molecular weight is 173 g/mol. The summed E-state index contributed by atoms with van der Waals surface area (Å²) >= 11 is 0. The van der Waals surface area contributed by atoms with E-state index in [1.165, 1.54) is 0 Å². The summed E-state index contributed by atoms with van der Waals surface area (Å²) < 4.78 is 12.9. The first-order valence-corrected chi connectivity index (χ1v) is 3.97. The van der Waals surface area contributed by atoms with Crippen molar-refractivity contribution in [2.45, 2.75) is 19.3 Å². The van der Waals surface area contributed by atoms with Crippen molar-refractivity contribution < 1.29 is 14.3 Å². The van der Waals surface area contributed by atoms with Crippen LogP contribution in [-0.2, 0) is 4.79 Å². The van der Waals surface area contributed by atoms with Crippen LogP contribution in [0.2, 0.25) is 0 Å². The highest BCUT2D eigenvalue weighted by molar-refractivity contribution is 5.74. The summed E-state index contributed by atoms with van der Waals surface area (Å²) in [5.41, 5.74) is 5.48. The largest absolute Gasteiger partial charge is 0.481 e. The van der Waals surface area contributed by atoms with Crippen LogP contribution in [0, 0.1) is 5.92 Å². The van der Waals surface area contributed by atoms with Crippen LogP contribution in [0.15, 0.2) is 11.4 Å². The molecule has 1 aliphatic rings. The second-order valence-electron chi connectivity index (χ2n) is 2.92. The van der Waals surface area contributed by atoms with Gasteiger partial charge in [0.25, 0.3) is 0 Å². The normalized spacial score (nSPS) is 27.3. The fraction of sp³-hybridized carbons (Fsp3) is 0.625. The molecular formula is C8H12FNO2. The molecule has 1 atom stereocenters. The highest BCUT2D eigenvalue weighted by Crippen LogP contribution is 2.33. The van der Waals surface area contributed by atoms with Gasteiger partial charge in [-0.05, 0) is 24.8 Å². The number of hydrogen-bond donors (Lipinski definition) is 2. The zero-order valence-corrected chi connectivity index (χ0v) is 6.72. The molecule has 0 amide bonds. The van der Waals surface area contributed by atoms with Crippen LogP contribution in [0.1, 0.15) is 19.3 Å². The lowest BCUT2D eigenvalue weighted by Crippen LogP contribution is -2.14. The molecule has 12 heavy (non-hydrogen) atoms. The molecule has 68 valence electrons. The molecule has 0 aliphatic heterocycles. The quantitative estimate of drug-likeness (QED) is 0.656. The molecule has 0 unspecified atom stereocenters. The van der Waals surface area contributed by atoms with Crippen LogP contribution in [0.3, 0.4) is 0 Å². The lowest BCUT2D eigenvalue weighted by atomic mass is 10.0. The van der Waals surface area contributed by atoms with Crippen molar-refractivity contribution in [2.24, 2.45) is 11.7 Å². The highest BCUT2D eigenvalue weighted by atomic mass is 19.1. The summed E-state index contributed by atoms with van der Waals surface area (Å²) in [6.45, 7) is -0.181. The van der Waals surface area contributed by atoms with E-state index in [-0.39, 0.29) is 6.54 Å². The van der Waals surface area contributed by atoms with Gasteiger partial charge in [0, 0.05) is 6.54 Å². The van der Waals surface area contributed by atoms with Crippen molar-refractivity contribution in [3.8, 4) is 0 Å². The lowest BCUT2D eigenvalue weighted by molar-refractivity contribution is -0.140. The Balaban J connectivity index is 2.83. The number of carboxylic acids is 1. The molecule has 0 radical (unpaired) electrons. The third-order valence-electron chi connectivity index (χ3n) is 2.19. The molecule has 0 heterocycles. The van der Waals surface area contributed by atoms with Crippen molar-refractivity contribution in [2.75, 3.05) is 6.54 Å². The zero-order valence-electron chi connectivity index (χ0n) is 6.72. The van der Waals surface area contributed by atoms with Gasteiger partial charge in [0.15, 0.2) is 0 Å². The third kappa shape index (κ3) is 1.64. The van der Waals surface area contributed by atoms with Crippen LogP contribution in [0.5, 0.6) is 0 Å². The number of nitrogens with two attached hydrogens (primary N) is 1. The summed E-state index contributed by atoms with van der Waals surface area (Å²) in [5.74, 6) is -2.01. The Hall–Kier alpha value is -0.900. The minimum atomic E-state index is -0.939. The van der Waals surface area contributed by atoms with Gasteiger partial charge in [0.1, 0.15) is 5.83 Å². The molecule has 0 bridgehead atoms. The molecule has 1 aliphatic carbocycles. The zero-order chi connectivity index (χ0) is 9.14. The first-order valence-electron chi connectivity index (χ1n) is 3.97. The summed E-state index contributed by atoms with van der Waals surface area (Å²) in [6.07, 6.45) is 1.83. The minimum Gasteiger partial charge on any atom is -0.481 e. The Morgan fingerprint density at radius 1 is 1.75 bits per heavy atom. The SMILES string of the molecule is NCC(F)=C1CCC[C@H]1C(=O)O. The van der Waals surface area contributed by atoms with E-state index in [1.54, 1.807) is 0 Å². The van der Waals surface area contributed by atoms with E-state index >= 15 is 0 Å². The summed E-state index contributed by atoms with van der Waals surface area (Å²) in [6, 6.07) is 0. The highest BCUT2D eigenvalue weighted by Gasteiger charge is 2.29. The maximum Gasteiger partial charge on any atom is 0.310 e. The first kappa shape index (κ1) is 9.19. The van der Waals surface area contributed by atoms with E-state index in [4.69, 9.17) is 10.8 Å². The van der Waals surface area contributed by atoms with Gasteiger partial charge in [-0.15, -0.1) is 0 Å². The summed E-state index contributed by atoms with van der Waals surface area (Å²) in [7, 11) is 0. The van der Waals surface area contributed by atoms with Crippen LogP contribution < -0.4 is 5.73 Å². The maximum absolute atomic E-state index is 12.9. The number of halogens is 1. The van der Waals surface area contributed by atoms with E-state index < -0.39 is 17.7 Å². The van der Waals surface area contributed by atoms with Crippen LogP contribution in [-0.4, -0.2) is 17.6 Å². The monoisotopic (exact) mass is 173 g/mol. The van der Waals surface area contributed by atoms with E-state index in [2.05, 4.69) is 0 Å². The Morgan fingerprint density at radius 2 is 2.42 bits per heavy atom. The Bertz CT molecular complexity index is 225. The van der Waals surface area contributed by atoms with Crippen molar-refractivity contribution >= 4 is 5.97 Å². The molecule has 3 nitrogen and oxygen atoms in total. The number of hydrogen-bond acceptors (Lipinski definition) is 2. The predicted molar refractivity (Wildman–Crippen MR) is 42.2 cm³/mol. The molecular weight excluding hydrogens is 161 g/mol. The van der Waals surface area contributed by atoms with Gasteiger partial charge in [-0.25, -0.2) is 4.39 Å². The molecule has 4 heteroatoms. The lowest BCUT2D eigenvalue weighted by Gasteiger charge is -2.06. The number of aliphatic carboxylic acids is 1. The molecule has 0 aromatic rings. The predicted octanol–water partition coefficient (Wildman–Crippen LogP) is 1.05. The standard InChI is InChI=1S/C8H12FNO2/c9-7(4-10)5-2-1-3-6(5)8(11)12/h6H,1-4,10H2,(H,11,12)/t6-/m1/s1. The maximum atomic E-state index is 12.9. The molecule has 1 rings (SSSR count). The topological polar surface area (TPSA) is 63.3 Å². The first-order chi connectivity index (χ1) is 5.66. The summed E-state index contributed by atoms with van der Waals surface area (Å²) in [5, 5.41) is 8.69. The van der Waals surface area contributed by atoms with E-state index in [1.807, 2.05) is 0 Å².